The fourth-order valence-corrected chi connectivity index (χ4v) is 3.71. The molecular formula is C15H17ClN4O3S. The van der Waals surface area contributed by atoms with Crippen molar-refractivity contribution < 1.29 is 14.7 Å². The van der Waals surface area contributed by atoms with E-state index in [-0.39, 0.29) is 12.6 Å². The lowest BCUT2D eigenvalue weighted by Crippen LogP contribution is -2.44. The van der Waals surface area contributed by atoms with E-state index in [2.05, 4.69) is 10.4 Å². The Morgan fingerprint density at radius 1 is 1.46 bits per heavy atom. The number of amides is 2. The van der Waals surface area contributed by atoms with Gasteiger partial charge in [-0.3, -0.25) is 14.8 Å². The Morgan fingerprint density at radius 2 is 2.25 bits per heavy atom. The number of likely N-dealkylation sites (tertiary alicyclic amines) is 1. The number of aliphatic carboxylic acids is 1. The number of anilines is 1. The van der Waals surface area contributed by atoms with Gasteiger partial charge in [-0.25, -0.2) is 4.79 Å². The number of carboxylic acid groups (broad SMARTS) is 1. The molecule has 0 aliphatic carbocycles. The Morgan fingerprint density at radius 3 is 2.92 bits per heavy atom. The van der Waals surface area contributed by atoms with Crippen LogP contribution in [-0.2, 0) is 11.8 Å². The molecule has 24 heavy (non-hydrogen) atoms. The van der Waals surface area contributed by atoms with Crippen LogP contribution in [-0.4, -0.2) is 44.9 Å². The van der Waals surface area contributed by atoms with Crippen molar-refractivity contribution in [3.05, 3.63) is 22.5 Å². The molecule has 2 aromatic heterocycles. The summed E-state index contributed by atoms with van der Waals surface area (Å²) in [6.07, 6.45) is 1.29. The van der Waals surface area contributed by atoms with Gasteiger partial charge in [0, 0.05) is 26.2 Å². The van der Waals surface area contributed by atoms with Crippen molar-refractivity contribution in [1.29, 1.82) is 0 Å². The third-order valence-electron chi connectivity index (χ3n) is 4.00. The topological polar surface area (TPSA) is 87.5 Å². The van der Waals surface area contributed by atoms with E-state index < -0.39 is 11.9 Å². The molecule has 9 heteroatoms. The molecule has 7 nitrogen and oxygen atoms in total. The number of hydrogen-bond acceptors (Lipinski definition) is 4. The molecule has 128 valence electrons. The number of urea groups is 1. The molecule has 1 atom stereocenters. The summed E-state index contributed by atoms with van der Waals surface area (Å²) in [6, 6.07) is 5.15. The Bertz CT molecular complexity index is 773. The van der Waals surface area contributed by atoms with E-state index in [1.165, 1.54) is 16.2 Å². The van der Waals surface area contributed by atoms with Gasteiger partial charge in [-0.2, -0.15) is 5.10 Å². The summed E-state index contributed by atoms with van der Waals surface area (Å²) in [5.41, 5.74) is 0.728. The number of halogens is 1. The summed E-state index contributed by atoms with van der Waals surface area (Å²) in [6.45, 7) is 0.785. The van der Waals surface area contributed by atoms with Crippen molar-refractivity contribution in [1.82, 2.24) is 14.7 Å². The summed E-state index contributed by atoms with van der Waals surface area (Å²) in [4.78, 5) is 26.0. The van der Waals surface area contributed by atoms with Gasteiger partial charge in [0.25, 0.3) is 0 Å². The molecule has 2 amide bonds. The SMILES string of the molecule is Cn1nc(-c2ccc(Cl)s2)cc1NC(=O)N1CCCC(C(=O)O)C1. The molecule has 1 aliphatic rings. The van der Waals surface area contributed by atoms with Crippen LogP contribution >= 0.6 is 22.9 Å². The first-order valence-electron chi connectivity index (χ1n) is 7.52. The lowest BCUT2D eigenvalue weighted by Gasteiger charge is -2.30. The molecule has 0 aromatic carbocycles. The summed E-state index contributed by atoms with van der Waals surface area (Å²) in [5.74, 6) is -0.804. The van der Waals surface area contributed by atoms with Crippen molar-refractivity contribution in [2.45, 2.75) is 12.8 Å². The maximum atomic E-state index is 12.4. The zero-order valence-corrected chi connectivity index (χ0v) is 14.6. The van der Waals surface area contributed by atoms with E-state index in [0.717, 1.165) is 10.6 Å². The van der Waals surface area contributed by atoms with Crippen LogP contribution in [0, 0.1) is 5.92 Å². The molecule has 2 N–H and O–H groups in total. The first-order valence-corrected chi connectivity index (χ1v) is 8.72. The monoisotopic (exact) mass is 368 g/mol. The van der Waals surface area contributed by atoms with E-state index >= 15 is 0 Å². The molecule has 3 heterocycles. The number of carboxylic acids is 1. The van der Waals surface area contributed by atoms with Crippen molar-refractivity contribution in [2.75, 3.05) is 18.4 Å². The Hall–Kier alpha value is -2.06. The number of piperidine rings is 1. The normalized spacial score (nSPS) is 17.8. The number of hydrogen-bond donors (Lipinski definition) is 2. The number of rotatable bonds is 3. The van der Waals surface area contributed by atoms with Gasteiger partial charge in [-0.05, 0) is 25.0 Å². The molecule has 0 spiro atoms. The van der Waals surface area contributed by atoms with Crippen LogP contribution < -0.4 is 5.32 Å². The molecule has 1 aliphatic heterocycles. The number of nitrogens with zero attached hydrogens (tertiary/aromatic N) is 3. The Labute approximate surface area is 147 Å². The average Bonchev–Trinajstić information content (AvgIpc) is 3.14. The van der Waals surface area contributed by atoms with Crippen molar-refractivity contribution in [3.63, 3.8) is 0 Å². The second-order valence-corrected chi connectivity index (χ2v) is 7.41. The molecule has 0 saturated carbocycles. The van der Waals surface area contributed by atoms with E-state index in [1.54, 1.807) is 23.9 Å². The minimum absolute atomic E-state index is 0.229. The first-order chi connectivity index (χ1) is 11.4. The number of thiophene rings is 1. The zero-order chi connectivity index (χ0) is 17.3. The van der Waals surface area contributed by atoms with E-state index in [9.17, 15) is 9.59 Å². The highest BCUT2D eigenvalue weighted by Crippen LogP contribution is 2.31. The second-order valence-electron chi connectivity index (χ2n) is 5.70. The highest BCUT2D eigenvalue weighted by Gasteiger charge is 2.28. The van der Waals surface area contributed by atoms with Crippen LogP contribution in [0.2, 0.25) is 4.34 Å². The lowest BCUT2D eigenvalue weighted by atomic mass is 9.99. The fraction of sp³-hybridized carbons (Fsp3) is 0.400. The van der Waals surface area contributed by atoms with Crippen molar-refractivity contribution in [3.8, 4) is 10.6 Å². The molecule has 0 radical (unpaired) electrons. The van der Waals surface area contributed by atoms with Crippen LogP contribution in [0.1, 0.15) is 12.8 Å². The molecule has 3 rings (SSSR count). The number of carbonyl (C=O) groups excluding carboxylic acids is 1. The average molecular weight is 369 g/mol. The Kier molecular flexibility index (Phi) is 4.77. The molecule has 0 bridgehead atoms. The fourth-order valence-electron chi connectivity index (χ4n) is 2.71. The predicted octanol–water partition coefficient (Wildman–Crippen LogP) is 3.13. The van der Waals surface area contributed by atoms with Gasteiger partial charge >= 0.3 is 12.0 Å². The summed E-state index contributed by atoms with van der Waals surface area (Å²) < 4.78 is 2.26. The maximum absolute atomic E-state index is 12.4. The van der Waals surface area contributed by atoms with Crippen LogP contribution in [0.15, 0.2) is 18.2 Å². The zero-order valence-electron chi connectivity index (χ0n) is 13.0. The second kappa shape index (κ2) is 6.82. The first kappa shape index (κ1) is 16.8. The minimum atomic E-state index is -0.857. The van der Waals surface area contributed by atoms with Gasteiger partial charge in [0.05, 0.1) is 15.1 Å². The predicted molar refractivity (Wildman–Crippen MR) is 92.5 cm³/mol. The smallest absolute Gasteiger partial charge is 0.323 e. The van der Waals surface area contributed by atoms with E-state index in [1.807, 2.05) is 6.07 Å². The molecule has 1 fully saturated rings. The summed E-state index contributed by atoms with van der Waals surface area (Å²) in [5, 5.41) is 16.3. The van der Waals surface area contributed by atoms with Gasteiger partial charge < -0.3 is 10.0 Å². The highest BCUT2D eigenvalue weighted by atomic mass is 35.5. The standard InChI is InChI=1S/C15H17ClN4O3S/c1-19-13(7-10(18-19)11-4-5-12(16)24-11)17-15(23)20-6-2-3-9(8-20)14(21)22/h4-5,7,9H,2-3,6,8H2,1H3,(H,17,23)(H,21,22). The van der Waals surface area contributed by atoms with Gasteiger partial charge in [-0.1, -0.05) is 11.6 Å². The number of nitrogens with one attached hydrogen (secondary N) is 1. The van der Waals surface area contributed by atoms with Gasteiger partial charge in [0.15, 0.2) is 0 Å². The quantitative estimate of drug-likeness (QED) is 0.871. The molecule has 1 saturated heterocycles. The Balaban J connectivity index is 1.70. The molecule has 1 unspecified atom stereocenters. The van der Waals surface area contributed by atoms with Gasteiger partial charge in [0.2, 0.25) is 0 Å². The van der Waals surface area contributed by atoms with E-state index in [4.69, 9.17) is 16.7 Å². The summed E-state index contributed by atoms with van der Waals surface area (Å²) >= 11 is 7.36. The maximum Gasteiger partial charge on any atom is 0.323 e. The molecule has 2 aromatic rings. The number of aromatic nitrogens is 2. The number of aryl methyl sites for hydroxylation is 1. The van der Waals surface area contributed by atoms with Crippen LogP contribution in [0.5, 0.6) is 0 Å². The number of carbonyl (C=O) groups is 2. The van der Waals surface area contributed by atoms with E-state index in [0.29, 0.717) is 29.5 Å². The van der Waals surface area contributed by atoms with Crippen molar-refractivity contribution in [2.24, 2.45) is 13.0 Å². The molecular weight excluding hydrogens is 352 g/mol. The van der Waals surface area contributed by atoms with Crippen molar-refractivity contribution >= 4 is 40.8 Å². The largest absolute Gasteiger partial charge is 0.481 e. The van der Waals surface area contributed by atoms with Crippen LogP contribution in [0.3, 0.4) is 0 Å². The highest BCUT2D eigenvalue weighted by molar-refractivity contribution is 7.19. The van der Waals surface area contributed by atoms with Gasteiger partial charge in [0.1, 0.15) is 11.5 Å². The minimum Gasteiger partial charge on any atom is -0.481 e. The van der Waals surface area contributed by atoms with Crippen LogP contribution in [0.25, 0.3) is 10.6 Å². The van der Waals surface area contributed by atoms with Crippen LogP contribution in [0.4, 0.5) is 10.6 Å². The third-order valence-corrected chi connectivity index (χ3v) is 5.25. The van der Waals surface area contributed by atoms with Gasteiger partial charge in [-0.15, -0.1) is 11.3 Å². The lowest BCUT2D eigenvalue weighted by molar-refractivity contribution is -0.143. The summed E-state index contributed by atoms with van der Waals surface area (Å²) in [7, 11) is 1.74. The third kappa shape index (κ3) is 3.54.